The van der Waals surface area contributed by atoms with Crippen LogP contribution in [0.15, 0.2) is 22.7 Å². The number of hydrogen-bond donors (Lipinski definition) is 1. The van der Waals surface area contributed by atoms with Crippen LogP contribution in [0.4, 0.5) is 0 Å². The third kappa shape index (κ3) is 2.44. The lowest BCUT2D eigenvalue weighted by Crippen LogP contribution is -2.13. The average Bonchev–Trinajstić information content (AvgIpc) is 2.13. The summed E-state index contributed by atoms with van der Waals surface area (Å²) in [7, 11) is 1.75. The van der Waals surface area contributed by atoms with Crippen LogP contribution >= 0.6 is 27.5 Å². The lowest BCUT2D eigenvalue weighted by molar-refractivity contribution is 0.727. The summed E-state index contributed by atoms with van der Waals surface area (Å²) in [6.07, 6.45) is 0. The maximum Gasteiger partial charge on any atom is 0.121 e. The minimum Gasteiger partial charge on any atom is -0.301 e. The Labute approximate surface area is 90.6 Å². The van der Waals surface area contributed by atoms with Crippen molar-refractivity contribution < 1.29 is 0 Å². The summed E-state index contributed by atoms with van der Waals surface area (Å²) in [6.45, 7) is 0. The SMILES string of the molecule is CNC(C#N)c1ccc(Cl)c(Br)c1. The third-order valence-corrected chi connectivity index (χ3v) is 2.91. The fourth-order valence-corrected chi connectivity index (χ4v) is 1.51. The molecule has 0 radical (unpaired) electrons. The largest absolute Gasteiger partial charge is 0.301 e. The van der Waals surface area contributed by atoms with Gasteiger partial charge in [0.15, 0.2) is 0 Å². The first-order valence-electron chi connectivity index (χ1n) is 3.71. The Morgan fingerprint density at radius 2 is 2.31 bits per heavy atom. The molecule has 0 saturated carbocycles. The molecular formula is C9H8BrClN2. The van der Waals surface area contributed by atoms with Crippen molar-refractivity contribution in [3.63, 3.8) is 0 Å². The van der Waals surface area contributed by atoms with E-state index in [0.29, 0.717) is 5.02 Å². The minimum absolute atomic E-state index is 0.284. The molecule has 68 valence electrons. The smallest absolute Gasteiger partial charge is 0.121 e. The quantitative estimate of drug-likeness (QED) is 0.886. The Kier molecular flexibility index (Phi) is 3.73. The molecule has 0 aliphatic carbocycles. The molecule has 1 aromatic carbocycles. The molecule has 0 bridgehead atoms. The predicted octanol–water partition coefficient (Wildman–Crippen LogP) is 2.89. The van der Waals surface area contributed by atoms with Gasteiger partial charge < -0.3 is 5.32 Å². The van der Waals surface area contributed by atoms with Crippen molar-refractivity contribution in [1.82, 2.24) is 5.32 Å². The minimum atomic E-state index is -0.284. The van der Waals surface area contributed by atoms with Crippen LogP contribution in [0, 0.1) is 11.3 Å². The fraction of sp³-hybridized carbons (Fsp3) is 0.222. The van der Waals surface area contributed by atoms with Gasteiger partial charge in [0.25, 0.3) is 0 Å². The first-order chi connectivity index (χ1) is 6.19. The highest BCUT2D eigenvalue weighted by molar-refractivity contribution is 9.10. The number of hydrogen-bond acceptors (Lipinski definition) is 2. The van der Waals surface area contributed by atoms with E-state index in [9.17, 15) is 0 Å². The van der Waals surface area contributed by atoms with E-state index >= 15 is 0 Å². The second-order valence-corrected chi connectivity index (χ2v) is 3.79. The molecule has 1 atom stereocenters. The van der Waals surface area contributed by atoms with E-state index in [1.54, 1.807) is 13.1 Å². The summed E-state index contributed by atoms with van der Waals surface area (Å²) in [6, 6.07) is 7.29. The molecule has 0 aliphatic rings. The van der Waals surface area contributed by atoms with Gasteiger partial charge in [-0.25, -0.2) is 0 Å². The van der Waals surface area contributed by atoms with Crippen LogP contribution in [0.25, 0.3) is 0 Å². The highest BCUT2D eigenvalue weighted by Crippen LogP contribution is 2.25. The van der Waals surface area contributed by atoms with Crippen molar-refractivity contribution in [2.24, 2.45) is 0 Å². The second kappa shape index (κ2) is 4.61. The standard InChI is InChI=1S/C9H8BrClN2/c1-13-9(5-12)6-2-3-8(11)7(10)4-6/h2-4,9,13H,1H3. The molecule has 1 rings (SSSR count). The molecule has 1 aromatic rings. The molecule has 0 aliphatic heterocycles. The molecular weight excluding hydrogens is 251 g/mol. The molecule has 0 heterocycles. The molecule has 2 nitrogen and oxygen atoms in total. The van der Waals surface area contributed by atoms with Crippen LogP contribution in [0.3, 0.4) is 0 Å². The number of nitriles is 1. The zero-order valence-corrected chi connectivity index (χ0v) is 9.35. The molecule has 1 N–H and O–H groups in total. The van der Waals surface area contributed by atoms with E-state index in [1.807, 2.05) is 12.1 Å². The lowest BCUT2D eigenvalue weighted by atomic mass is 10.1. The first kappa shape index (κ1) is 10.5. The van der Waals surface area contributed by atoms with Crippen LogP contribution in [0.2, 0.25) is 5.02 Å². The summed E-state index contributed by atoms with van der Waals surface area (Å²) in [4.78, 5) is 0. The van der Waals surface area contributed by atoms with Crippen molar-refractivity contribution in [3.8, 4) is 6.07 Å². The van der Waals surface area contributed by atoms with Crippen molar-refractivity contribution in [1.29, 1.82) is 5.26 Å². The Morgan fingerprint density at radius 1 is 1.62 bits per heavy atom. The van der Waals surface area contributed by atoms with Gasteiger partial charge in [-0.05, 0) is 40.7 Å². The van der Waals surface area contributed by atoms with E-state index in [-0.39, 0.29) is 6.04 Å². The van der Waals surface area contributed by atoms with Gasteiger partial charge in [0.1, 0.15) is 6.04 Å². The van der Waals surface area contributed by atoms with Gasteiger partial charge in [-0.15, -0.1) is 0 Å². The fourth-order valence-electron chi connectivity index (χ4n) is 0.998. The van der Waals surface area contributed by atoms with Crippen LogP contribution in [-0.2, 0) is 0 Å². The summed E-state index contributed by atoms with van der Waals surface area (Å²) in [5.41, 5.74) is 0.904. The second-order valence-electron chi connectivity index (χ2n) is 2.52. The Bertz CT molecular complexity index is 346. The van der Waals surface area contributed by atoms with Gasteiger partial charge in [0.2, 0.25) is 0 Å². The number of nitrogens with one attached hydrogen (secondary N) is 1. The van der Waals surface area contributed by atoms with E-state index in [1.165, 1.54) is 0 Å². The topological polar surface area (TPSA) is 35.8 Å². The predicted molar refractivity (Wildman–Crippen MR) is 56.6 cm³/mol. The van der Waals surface area contributed by atoms with Crippen molar-refractivity contribution in [2.75, 3.05) is 7.05 Å². The third-order valence-electron chi connectivity index (χ3n) is 1.69. The van der Waals surface area contributed by atoms with Gasteiger partial charge in [-0.1, -0.05) is 17.7 Å². The Hall–Kier alpha value is -0.560. The maximum atomic E-state index is 8.78. The van der Waals surface area contributed by atoms with Gasteiger partial charge >= 0.3 is 0 Å². The molecule has 0 fully saturated rings. The van der Waals surface area contributed by atoms with Crippen molar-refractivity contribution in [2.45, 2.75) is 6.04 Å². The average molecular weight is 260 g/mol. The lowest BCUT2D eigenvalue weighted by Gasteiger charge is -2.08. The molecule has 0 saturated heterocycles. The summed E-state index contributed by atoms with van der Waals surface area (Å²) in [5.74, 6) is 0. The van der Waals surface area contributed by atoms with Crippen LogP contribution in [-0.4, -0.2) is 7.05 Å². The van der Waals surface area contributed by atoms with Crippen LogP contribution in [0.5, 0.6) is 0 Å². The van der Waals surface area contributed by atoms with Gasteiger partial charge in [-0.2, -0.15) is 5.26 Å². The van der Waals surface area contributed by atoms with Crippen LogP contribution < -0.4 is 5.32 Å². The zero-order valence-electron chi connectivity index (χ0n) is 7.01. The maximum absolute atomic E-state index is 8.78. The van der Waals surface area contributed by atoms with Gasteiger partial charge in [-0.3, -0.25) is 0 Å². The number of halogens is 2. The van der Waals surface area contributed by atoms with Gasteiger partial charge in [0, 0.05) is 4.47 Å². The summed E-state index contributed by atoms with van der Waals surface area (Å²) >= 11 is 9.13. The van der Waals surface area contributed by atoms with Crippen LogP contribution in [0.1, 0.15) is 11.6 Å². The molecule has 13 heavy (non-hydrogen) atoms. The highest BCUT2D eigenvalue weighted by atomic mass is 79.9. The number of benzene rings is 1. The highest BCUT2D eigenvalue weighted by Gasteiger charge is 2.08. The zero-order chi connectivity index (χ0) is 9.84. The van der Waals surface area contributed by atoms with E-state index < -0.39 is 0 Å². The van der Waals surface area contributed by atoms with E-state index in [2.05, 4.69) is 27.3 Å². The summed E-state index contributed by atoms with van der Waals surface area (Å²) < 4.78 is 0.808. The molecule has 0 amide bonds. The van der Waals surface area contributed by atoms with Crippen molar-refractivity contribution in [3.05, 3.63) is 33.3 Å². The Balaban J connectivity index is 3.04. The first-order valence-corrected chi connectivity index (χ1v) is 4.88. The molecule has 1 unspecified atom stereocenters. The number of nitrogens with zero attached hydrogens (tertiary/aromatic N) is 1. The van der Waals surface area contributed by atoms with E-state index in [0.717, 1.165) is 10.0 Å². The summed E-state index contributed by atoms with van der Waals surface area (Å²) in [5, 5.41) is 12.3. The Morgan fingerprint density at radius 3 is 2.77 bits per heavy atom. The normalized spacial score (nSPS) is 12.2. The van der Waals surface area contributed by atoms with Crippen molar-refractivity contribution >= 4 is 27.5 Å². The monoisotopic (exact) mass is 258 g/mol. The molecule has 4 heteroatoms. The van der Waals surface area contributed by atoms with Gasteiger partial charge in [0.05, 0.1) is 11.1 Å². The van der Waals surface area contributed by atoms with E-state index in [4.69, 9.17) is 16.9 Å². The molecule has 0 aromatic heterocycles. The molecule has 0 spiro atoms. The number of rotatable bonds is 2.